The topological polar surface area (TPSA) is 86.8 Å². The fourth-order valence-corrected chi connectivity index (χ4v) is 5.36. The Hall–Kier alpha value is -3.36. The normalized spacial score (nSPS) is 12.1. The van der Waals surface area contributed by atoms with Crippen molar-refractivity contribution in [3.63, 3.8) is 0 Å². The van der Waals surface area contributed by atoms with Gasteiger partial charge in [0.1, 0.15) is 12.6 Å². The molecule has 3 aromatic carbocycles. The third kappa shape index (κ3) is 6.70. The van der Waals surface area contributed by atoms with Gasteiger partial charge in [-0.15, -0.1) is 0 Å². The van der Waals surface area contributed by atoms with E-state index in [0.717, 1.165) is 26.6 Å². The van der Waals surface area contributed by atoms with Crippen LogP contribution in [-0.2, 0) is 26.2 Å². The number of aryl methyl sites for hydroxylation is 3. The predicted octanol–water partition coefficient (Wildman–Crippen LogP) is 4.62. The fourth-order valence-electron chi connectivity index (χ4n) is 3.82. The molecule has 1 N–H and O–H groups in total. The number of sulfonamides is 1. The van der Waals surface area contributed by atoms with E-state index < -0.39 is 28.5 Å². The third-order valence-electron chi connectivity index (χ3n) is 6.35. The standard InChI is InChI=1S/C28H32ClN3O4S/c1-19-6-9-23(10-7-19)17-31(22(4)28(34)30-5)27(33)18-32(25-13-8-20(2)21(3)16-25)37(35,36)26-14-11-24(29)12-15-26/h6-16,22H,17-18H2,1-5H3,(H,30,34)/t22-/m0/s1. The Balaban J connectivity index is 2.05. The van der Waals surface area contributed by atoms with Gasteiger partial charge in [-0.25, -0.2) is 8.42 Å². The molecule has 0 saturated carbocycles. The lowest BCUT2D eigenvalue weighted by Gasteiger charge is -2.32. The zero-order valence-corrected chi connectivity index (χ0v) is 23.2. The molecular weight excluding hydrogens is 510 g/mol. The zero-order valence-electron chi connectivity index (χ0n) is 21.7. The molecule has 196 valence electrons. The van der Waals surface area contributed by atoms with E-state index in [1.807, 2.05) is 51.1 Å². The summed E-state index contributed by atoms with van der Waals surface area (Å²) < 4.78 is 28.7. The largest absolute Gasteiger partial charge is 0.357 e. The average Bonchev–Trinajstić information content (AvgIpc) is 2.87. The lowest BCUT2D eigenvalue weighted by Crippen LogP contribution is -2.50. The molecule has 0 bridgehead atoms. The number of halogens is 1. The van der Waals surface area contributed by atoms with Gasteiger partial charge in [0.05, 0.1) is 10.6 Å². The molecule has 0 fully saturated rings. The number of benzene rings is 3. The summed E-state index contributed by atoms with van der Waals surface area (Å²) >= 11 is 5.98. The molecule has 0 saturated heterocycles. The van der Waals surface area contributed by atoms with E-state index in [0.29, 0.717) is 10.7 Å². The Labute approximate surface area is 224 Å². The van der Waals surface area contributed by atoms with E-state index in [9.17, 15) is 18.0 Å². The van der Waals surface area contributed by atoms with Crippen LogP contribution in [0.4, 0.5) is 5.69 Å². The minimum Gasteiger partial charge on any atom is -0.357 e. The highest BCUT2D eigenvalue weighted by atomic mass is 35.5. The van der Waals surface area contributed by atoms with Crippen molar-refractivity contribution in [2.75, 3.05) is 17.9 Å². The van der Waals surface area contributed by atoms with Gasteiger partial charge in [-0.2, -0.15) is 0 Å². The molecule has 0 aliphatic heterocycles. The first-order chi connectivity index (χ1) is 17.4. The monoisotopic (exact) mass is 541 g/mol. The number of anilines is 1. The number of hydrogen-bond donors (Lipinski definition) is 1. The van der Waals surface area contributed by atoms with Crippen LogP contribution in [0.1, 0.15) is 29.2 Å². The molecule has 37 heavy (non-hydrogen) atoms. The predicted molar refractivity (Wildman–Crippen MR) is 147 cm³/mol. The van der Waals surface area contributed by atoms with Crippen LogP contribution in [0.25, 0.3) is 0 Å². The number of carbonyl (C=O) groups is 2. The zero-order chi connectivity index (χ0) is 27.3. The van der Waals surface area contributed by atoms with E-state index in [4.69, 9.17) is 11.6 Å². The minimum absolute atomic E-state index is 0.00682. The van der Waals surface area contributed by atoms with E-state index in [-0.39, 0.29) is 17.3 Å². The van der Waals surface area contributed by atoms with Crippen molar-refractivity contribution in [2.24, 2.45) is 0 Å². The quantitative estimate of drug-likeness (QED) is 0.428. The highest BCUT2D eigenvalue weighted by Gasteiger charge is 2.32. The second kappa shape index (κ2) is 11.8. The van der Waals surface area contributed by atoms with E-state index in [2.05, 4.69) is 5.32 Å². The molecule has 0 aliphatic rings. The van der Waals surface area contributed by atoms with Crippen molar-refractivity contribution < 1.29 is 18.0 Å². The lowest BCUT2D eigenvalue weighted by atomic mass is 10.1. The molecule has 0 aliphatic carbocycles. The molecule has 0 unspecified atom stereocenters. The molecule has 0 aromatic heterocycles. The number of nitrogens with zero attached hydrogens (tertiary/aromatic N) is 2. The maximum atomic E-state index is 13.8. The van der Waals surface area contributed by atoms with Gasteiger partial charge in [0.25, 0.3) is 10.0 Å². The lowest BCUT2D eigenvalue weighted by molar-refractivity contribution is -0.139. The van der Waals surface area contributed by atoms with Crippen LogP contribution in [0.3, 0.4) is 0 Å². The summed E-state index contributed by atoms with van der Waals surface area (Å²) in [6.45, 7) is 7.06. The maximum Gasteiger partial charge on any atom is 0.264 e. The Morgan fingerprint density at radius 1 is 0.919 bits per heavy atom. The van der Waals surface area contributed by atoms with Crippen LogP contribution in [0.2, 0.25) is 5.02 Å². The number of hydrogen-bond acceptors (Lipinski definition) is 4. The van der Waals surface area contributed by atoms with Gasteiger partial charge in [-0.3, -0.25) is 13.9 Å². The van der Waals surface area contributed by atoms with Gasteiger partial charge in [0.15, 0.2) is 0 Å². The number of carbonyl (C=O) groups excluding carboxylic acids is 2. The first kappa shape index (κ1) is 28.2. The summed E-state index contributed by atoms with van der Waals surface area (Å²) in [5.41, 5.74) is 4.13. The number of nitrogens with one attached hydrogen (secondary N) is 1. The fraction of sp³-hybridized carbons (Fsp3) is 0.286. The van der Waals surface area contributed by atoms with Gasteiger partial charge in [0.2, 0.25) is 11.8 Å². The average molecular weight is 542 g/mol. The van der Waals surface area contributed by atoms with E-state index >= 15 is 0 Å². The van der Waals surface area contributed by atoms with Crippen LogP contribution in [0.5, 0.6) is 0 Å². The molecule has 0 radical (unpaired) electrons. The summed E-state index contributed by atoms with van der Waals surface area (Å²) in [4.78, 5) is 27.7. The van der Waals surface area contributed by atoms with Crippen molar-refractivity contribution in [3.05, 3.63) is 94.0 Å². The van der Waals surface area contributed by atoms with E-state index in [1.165, 1.54) is 36.2 Å². The van der Waals surface area contributed by atoms with Crippen molar-refractivity contribution in [1.29, 1.82) is 0 Å². The number of amides is 2. The van der Waals surface area contributed by atoms with Gasteiger partial charge < -0.3 is 10.2 Å². The van der Waals surface area contributed by atoms with Crippen molar-refractivity contribution >= 4 is 39.1 Å². The van der Waals surface area contributed by atoms with Crippen LogP contribution in [0, 0.1) is 20.8 Å². The number of rotatable bonds is 9. The van der Waals surface area contributed by atoms with Gasteiger partial charge in [0, 0.05) is 18.6 Å². The Morgan fingerprint density at radius 2 is 1.54 bits per heavy atom. The smallest absolute Gasteiger partial charge is 0.264 e. The highest BCUT2D eigenvalue weighted by Crippen LogP contribution is 2.27. The van der Waals surface area contributed by atoms with Gasteiger partial charge in [-0.05, 0) is 80.8 Å². The van der Waals surface area contributed by atoms with Crippen LogP contribution >= 0.6 is 11.6 Å². The van der Waals surface area contributed by atoms with Crippen LogP contribution in [-0.4, -0.2) is 44.8 Å². The molecule has 7 nitrogen and oxygen atoms in total. The molecule has 0 heterocycles. The van der Waals surface area contributed by atoms with Gasteiger partial charge >= 0.3 is 0 Å². The summed E-state index contributed by atoms with van der Waals surface area (Å²) in [6.07, 6.45) is 0. The summed E-state index contributed by atoms with van der Waals surface area (Å²) in [6, 6.07) is 17.8. The van der Waals surface area contributed by atoms with Crippen LogP contribution < -0.4 is 9.62 Å². The molecule has 1 atom stereocenters. The molecule has 3 aromatic rings. The number of likely N-dealkylation sites (N-methyl/N-ethyl adjacent to an activating group) is 1. The molecule has 2 amide bonds. The molecule has 9 heteroatoms. The maximum absolute atomic E-state index is 13.8. The Kier molecular flexibility index (Phi) is 8.99. The second-order valence-corrected chi connectivity index (χ2v) is 11.3. The second-order valence-electron chi connectivity index (χ2n) is 9.03. The van der Waals surface area contributed by atoms with Crippen molar-refractivity contribution in [1.82, 2.24) is 10.2 Å². The Morgan fingerprint density at radius 3 is 2.11 bits per heavy atom. The molecule has 0 spiro atoms. The molecular formula is C28H32ClN3O4S. The van der Waals surface area contributed by atoms with E-state index in [1.54, 1.807) is 19.1 Å². The first-order valence-corrected chi connectivity index (χ1v) is 13.7. The summed E-state index contributed by atoms with van der Waals surface area (Å²) in [7, 11) is -2.63. The highest BCUT2D eigenvalue weighted by molar-refractivity contribution is 7.92. The Bertz CT molecular complexity index is 1370. The van der Waals surface area contributed by atoms with Crippen molar-refractivity contribution in [3.8, 4) is 0 Å². The van der Waals surface area contributed by atoms with Crippen molar-refractivity contribution in [2.45, 2.75) is 45.2 Å². The summed E-state index contributed by atoms with van der Waals surface area (Å²) in [5.74, 6) is -0.855. The minimum atomic E-state index is -4.13. The SMILES string of the molecule is CNC(=O)[C@H](C)N(Cc1ccc(C)cc1)C(=O)CN(c1ccc(C)c(C)c1)S(=O)(=O)c1ccc(Cl)cc1. The first-order valence-electron chi connectivity index (χ1n) is 11.9. The van der Waals surface area contributed by atoms with Gasteiger partial charge in [-0.1, -0.05) is 47.5 Å². The van der Waals surface area contributed by atoms with Crippen LogP contribution in [0.15, 0.2) is 71.6 Å². The third-order valence-corrected chi connectivity index (χ3v) is 8.39. The molecule has 3 rings (SSSR count). The summed E-state index contributed by atoms with van der Waals surface area (Å²) in [5, 5.41) is 2.98.